The summed E-state index contributed by atoms with van der Waals surface area (Å²) in [7, 11) is 0. The molecule has 4 unspecified atom stereocenters. The highest BCUT2D eigenvalue weighted by Crippen LogP contribution is 2.60. The van der Waals surface area contributed by atoms with Crippen LogP contribution in [0.2, 0.25) is 0 Å². The maximum absolute atomic E-state index is 13.6. The summed E-state index contributed by atoms with van der Waals surface area (Å²) < 4.78 is 0.885. The van der Waals surface area contributed by atoms with Crippen LogP contribution in [0.5, 0.6) is 0 Å². The van der Waals surface area contributed by atoms with Crippen LogP contribution in [-0.4, -0.2) is 32.4 Å². The largest absolute Gasteiger partial charge is 0.378 e. The molecular weight excluding hydrogens is 434 g/mol. The number of pyridine rings is 1. The Bertz CT molecular complexity index is 1170. The molecule has 3 aromatic rings. The number of aromatic amines is 1. The number of carbonyl (C=O) groups excluding carboxylic acids is 1. The molecule has 6 rings (SSSR count). The zero-order valence-electron chi connectivity index (χ0n) is 15.4. The molecule has 0 saturated heterocycles. The van der Waals surface area contributed by atoms with Crippen LogP contribution in [0, 0.1) is 17.8 Å². The maximum atomic E-state index is 13.6. The monoisotopic (exact) mass is 451 g/mol. The van der Waals surface area contributed by atoms with Gasteiger partial charge in [0.2, 0.25) is 5.60 Å². The van der Waals surface area contributed by atoms with Crippen molar-refractivity contribution in [3.8, 4) is 0 Å². The van der Waals surface area contributed by atoms with E-state index < -0.39 is 5.60 Å². The van der Waals surface area contributed by atoms with Crippen LogP contribution >= 0.6 is 15.9 Å². The molecular formula is C21H18BrN5O2. The Morgan fingerprint density at radius 1 is 1.24 bits per heavy atom. The summed E-state index contributed by atoms with van der Waals surface area (Å²) in [6.07, 6.45) is 8.38. The number of nitrogens with one attached hydrogen (secondary N) is 2. The first-order valence-corrected chi connectivity index (χ1v) is 10.6. The van der Waals surface area contributed by atoms with E-state index in [4.69, 9.17) is 4.84 Å². The van der Waals surface area contributed by atoms with Gasteiger partial charge < -0.3 is 10.2 Å². The van der Waals surface area contributed by atoms with Gasteiger partial charge >= 0.3 is 0 Å². The van der Waals surface area contributed by atoms with Crippen molar-refractivity contribution in [2.75, 3.05) is 5.32 Å². The number of H-pyrrole nitrogens is 1. The van der Waals surface area contributed by atoms with E-state index >= 15 is 0 Å². The van der Waals surface area contributed by atoms with E-state index in [0.717, 1.165) is 51.6 Å². The molecule has 29 heavy (non-hydrogen) atoms. The highest BCUT2D eigenvalue weighted by Gasteiger charge is 2.69. The molecule has 2 saturated carbocycles. The Labute approximate surface area is 175 Å². The van der Waals surface area contributed by atoms with Gasteiger partial charge in [0.15, 0.2) is 0 Å². The number of rotatable bonds is 3. The van der Waals surface area contributed by atoms with Gasteiger partial charge in [-0.25, -0.2) is 0 Å². The summed E-state index contributed by atoms with van der Waals surface area (Å²) >= 11 is 3.48. The third-order valence-corrected chi connectivity index (χ3v) is 7.09. The van der Waals surface area contributed by atoms with Crippen molar-refractivity contribution in [3.05, 3.63) is 52.9 Å². The predicted molar refractivity (Wildman–Crippen MR) is 111 cm³/mol. The van der Waals surface area contributed by atoms with Crippen molar-refractivity contribution in [2.45, 2.75) is 24.9 Å². The molecule has 7 nitrogen and oxygen atoms in total. The second-order valence-corrected chi connectivity index (χ2v) is 9.04. The van der Waals surface area contributed by atoms with E-state index in [1.807, 2.05) is 24.3 Å². The molecule has 2 aliphatic carbocycles. The van der Waals surface area contributed by atoms with Crippen LogP contribution in [0.1, 0.15) is 24.8 Å². The Morgan fingerprint density at radius 3 is 3.07 bits per heavy atom. The maximum Gasteiger partial charge on any atom is 0.272 e. The standard InChI is InChI=1S/C21H18BrN5O2/c22-15-6-13(8-23-10-15)19-18-11-1-2-14(5-11)21(18,29-27-19)20(28)25-16-3-4-17-12(7-16)9-24-26-17/h3-4,6-11,14,18H,1-2,5H2,(H,24,26)(H,25,28). The highest BCUT2D eigenvalue weighted by atomic mass is 79.9. The average molecular weight is 452 g/mol. The van der Waals surface area contributed by atoms with Crippen LogP contribution in [0.4, 0.5) is 5.69 Å². The summed E-state index contributed by atoms with van der Waals surface area (Å²) in [6.45, 7) is 0. The lowest BCUT2D eigenvalue weighted by Gasteiger charge is -2.35. The Hall–Kier alpha value is -2.74. The number of amides is 1. The molecule has 2 aromatic heterocycles. The summed E-state index contributed by atoms with van der Waals surface area (Å²) in [5.41, 5.74) is 2.48. The number of anilines is 1. The Balaban J connectivity index is 1.35. The van der Waals surface area contributed by atoms with E-state index in [9.17, 15) is 4.79 Å². The van der Waals surface area contributed by atoms with Crippen LogP contribution in [0.25, 0.3) is 10.9 Å². The topological polar surface area (TPSA) is 92.3 Å². The number of nitrogens with zero attached hydrogens (tertiary/aromatic N) is 3. The molecule has 4 atom stereocenters. The van der Waals surface area contributed by atoms with Gasteiger partial charge in [-0.2, -0.15) is 5.10 Å². The van der Waals surface area contributed by atoms with Gasteiger partial charge in [-0.15, -0.1) is 0 Å². The van der Waals surface area contributed by atoms with Gasteiger partial charge in [0, 0.05) is 39.4 Å². The summed E-state index contributed by atoms with van der Waals surface area (Å²) in [4.78, 5) is 23.9. The molecule has 1 aromatic carbocycles. The van der Waals surface area contributed by atoms with Gasteiger partial charge in [0.05, 0.1) is 23.3 Å². The van der Waals surface area contributed by atoms with E-state index in [2.05, 4.69) is 41.6 Å². The molecule has 1 aliphatic heterocycles. The minimum absolute atomic E-state index is 0.0463. The van der Waals surface area contributed by atoms with Crippen LogP contribution < -0.4 is 5.32 Å². The lowest BCUT2D eigenvalue weighted by Crippen LogP contribution is -2.53. The van der Waals surface area contributed by atoms with Crippen LogP contribution in [-0.2, 0) is 9.63 Å². The van der Waals surface area contributed by atoms with Crippen molar-refractivity contribution in [1.82, 2.24) is 15.2 Å². The number of fused-ring (bicyclic) bond motifs is 6. The minimum atomic E-state index is -0.939. The fraction of sp³-hybridized carbons (Fsp3) is 0.333. The fourth-order valence-electron chi connectivity index (χ4n) is 5.45. The van der Waals surface area contributed by atoms with Gasteiger partial charge in [-0.05, 0) is 65.4 Å². The van der Waals surface area contributed by atoms with E-state index in [0.29, 0.717) is 5.92 Å². The SMILES string of the molecule is O=C(Nc1ccc2[nH]ncc2c1)C12ON=C(c3cncc(Br)c3)C1C1CCC2C1. The third-order valence-electron chi connectivity index (χ3n) is 6.66. The molecule has 8 heteroatoms. The minimum Gasteiger partial charge on any atom is -0.378 e. The molecule has 3 heterocycles. The predicted octanol–water partition coefficient (Wildman–Crippen LogP) is 3.88. The molecule has 3 aliphatic rings. The number of aromatic nitrogens is 3. The van der Waals surface area contributed by atoms with Gasteiger partial charge in [0.1, 0.15) is 0 Å². The third kappa shape index (κ3) is 2.41. The number of benzene rings is 1. The first-order chi connectivity index (χ1) is 14.1. The normalized spacial score (nSPS) is 29.6. The van der Waals surface area contributed by atoms with Crippen molar-refractivity contribution < 1.29 is 9.63 Å². The number of oxime groups is 1. The summed E-state index contributed by atoms with van der Waals surface area (Å²) in [5, 5.41) is 15.4. The van der Waals surface area contributed by atoms with Crippen molar-refractivity contribution >= 4 is 44.1 Å². The molecule has 2 bridgehead atoms. The number of hydrogen-bond donors (Lipinski definition) is 2. The molecule has 2 N–H and O–H groups in total. The second kappa shape index (κ2) is 6.13. The lowest BCUT2D eigenvalue weighted by molar-refractivity contribution is -0.149. The first kappa shape index (κ1) is 17.1. The molecule has 2 fully saturated rings. The second-order valence-electron chi connectivity index (χ2n) is 8.13. The van der Waals surface area contributed by atoms with E-state index in [1.54, 1.807) is 18.6 Å². The molecule has 0 radical (unpaired) electrons. The zero-order chi connectivity index (χ0) is 19.6. The highest BCUT2D eigenvalue weighted by molar-refractivity contribution is 9.10. The Kier molecular flexibility index (Phi) is 3.62. The molecule has 146 valence electrons. The molecule has 0 spiro atoms. The lowest BCUT2D eigenvalue weighted by atomic mass is 9.72. The van der Waals surface area contributed by atoms with Gasteiger partial charge in [-0.3, -0.25) is 14.9 Å². The van der Waals surface area contributed by atoms with Crippen LogP contribution in [0.3, 0.4) is 0 Å². The summed E-state index contributed by atoms with van der Waals surface area (Å²) in [5.74, 6) is 0.424. The van der Waals surface area contributed by atoms with E-state index in [1.165, 1.54) is 0 Å². The zero-order valence-corrected chi connectivity index (χ0v) is 17.0. The van der Waals surface area contributed by atoms with Crippen LogP contribution in [0.15, 0.2) is 52.5 Å². The number of hydrogen-bond acceptors (Lipinski definition) is 5. The quantitative estimate of drug-likeness (QED) is 0.631. The number of carbonyl (C=O) groups is 1. The van der Waals surface area contributed by atoms with E-state index in [-0.39, 0.29) is 17.7 Å². The van der Waals surface area contributed by atoms with Crippen molar-refractivity contribution in [2.24, 2.45) is 22.9 Å². The summed E-state index contributed by atoms with van der Waals surface area (Å²) in [6, 6.07) is 7.71. The molecule has 1 amide bonds. The fourth-order valence-corrected chi connectivity index (χ4v) is 5.82. The van der Waals surface area contributed by atoms with Crippen molar-refractivity contribution in [3.63, 3.8) is 0 Å². The van der Waals surface area contributed by atoms with Gasteiger partial charge in [-0.1, -0.05) is 5.16 Å². The number of halogens is 1. The first-order valence-electron chi connectivity index (χ1n) is 9.77. The smallest absolute Gasteiger partial charge is 0.272 e. The van der Waals surface area contributed by atoms with Crippen molar-refractivity contribution in [1.29, 1.82) is 0 Å². The average Bonchev–Trinajstić information content (AvgIpc) is 3.48. The van der Waals surface area contributed by atoms with Gasteiger partial charge in [0.25, 0.3) is 5.91 Å². The Morgan fingerprint density at radius 2 is 2.17 bits per heavy atom.